The lowest BCUT2D eigenvalue weighted by Gasteiger charge is -2.31. The molecule has 0 bridgehead atoms. The van der Waals surface area contributed by atoms with Crippen LogP contribution in [0.4, 0.5) is 10.2 Å². The van der Waals surface area contributed by atoms with Crippen molar-refractivity contribution in [3.05, 3.63) is 23.1 Å². The zero-order valence-corrected chi connectivity index (χ0v) is 10.8. The number of hydrogen-bond donors (Lipinski definition) is 0. The van der Waals surface area contributed by atoms with E-state index in [2.05, 4.69) is 4.98 Å². The van der Waals surface area contributed by atoms with E-state index in [1.807, 2.05) is 4.90 Å². The normalized spacial score (nSPS) is 16.7. The summed E-state index contributed by atoms with van der Waals surface area (Å²) in [6.07, 6.45) is 2.72. The Morgan fingerprint density at radius 2 is 2.22 bits per heavy atom. The van der Waals surface area contributed by atoms with E-state index in [1.54, 1.807) is 0 Å². The third-order valence-corrected chi connectivity index (χ3v) is 3.32. The van der Waals surface area contributed by atoms with E-state index in [4.69, 9.17) is 16.3 Å². The second-order valence-corrected chi connectivity index (χ2v) is 4.68. The van der Waals surface area contributed by atoms with Gasteiger partial charge in [0.25, 0.3) is 0 Å². The molecule has 98 valence electrons. The number of esters is 1. The largest absolute Gasteiger partial charge is 0.469 e. The number of hydrogen-bond acceptors (Lipinski definition) is 4. The van der Waals surface area contributed by atoms with E-state index in [0.29, 0.717) is 31.7 Å². The molecule has 1 aliphatic heterocycles. The summed E-state index contributed by atoms with van der Waals surface area (Å²) in [5, 5.41) is 0.278. The zero-order chi connectivity index (χ0) is 13.1. The van der Waals surface area contributed by atoms with Gasteiger partial charge in [-0.2, -0.15) is 0 Å². The minimum absolute atomic E-state index is 0.0957. The van der Waals surface area contributed by atoms with Gasteiger partial charge in [0, 0.05) is 19.3 Å². The van der Waals surface area contributed by atoms with Crippen LogP contribution in [0.5, 0.6) is 0 Å². The summed E-state index contributed by atoms with van der Waals surface area (Å²) in [5.74, 6) is -0.428. The van der Waals surface area contributed by atoms with Crippen molar-refractivity contribution in [2.24, 2.45) is 5.92 Å². The second kappa shape index (κ2) is 5.52. The summed E-state index contributed by atoms with van der Waals surface area (Å²) in [6.45, 7) is 1.18. The Hall–Kier alpha value is -1.36. The number of aromatic nitrogens is 1. The molecular formula is C12H14ClFN2O2. The van der Waals surface area contributed by atoms with Gasteiger partial charge in [0.2, 0.25) is 0 Å². The first-order valence-electron chi connectivity index (χ1n) is 5.75. The van der Waals surface area contributed by atoms with Crippen LogP contribution in [-0.4, -0.2) is 31.2 Å². The van der Waals surface area contributed by atoms with Crippen LogP contribution in [0.2, 0.25) is 5.02 Å². The highest BCUT2D eigenvalue weighted by Crippen LogP contribution is 2.25. The number of anilines is 1. The van der Waals surface area contributed by atoms with Crippen LogP contribution in [0.3, 0.4) is 0 Å². The molecule has 1 saturated heterocycles. The van der Waals surface area contributed by atoms with Gasteiger partial charge in [-0.05, 0) is 18.9 Å². The van der Waals surface area contributed by atoms with E-state index in [1.165, 1.54) is 19.4 Å². The molecule has 2 rings (SSSR count). The second-order valence-electron chi connectivity index (χ2n) is 4.24. The maximum absolute atomic E-state index is 13.7. The maximum Gasteiger partial charge on any atom is 0.308 e. The molecule has 1 fully saturated rings. The van der Waals surface area contributed by atoms with Crippen LogP contribution in [0.15, 0.2) is 12.3 Å². The molecule has 1 aromatic heterocycles. The van der Waals surface area contributed by atoms with Crippen LogP contribution < -0.4 is 4.90 Å². The minimum atomic E-state index is -0.431. The van der Waals surface area contributed by atoms with E-state index in [-0.39, 0.29) is 16.9 Å². The Kier molecular flexibility index (Phi) is 4.01. The molecule has 0 spiro atoms. The summed E-state index contributed by atoms with van der Waals surface area (Å²) in [5.41, 5.74) is 0. The Balaban J connectivity index is 2.03. The SMILES string of the molecule is COC(=O)C1CCN(c2ncc(Cl)cc2F)CC1. The molecule has 0 amide bonds. The van der Waals surface area contributed by atoms with E-state index >= 15 is 0 Å². The summed E-state index contributed by atoms with van der Waals surface area (Å²) >= 11 is 5.66. The van der Waals surface area contributed by atoms with Crippen molar-refractivity contribution in [2.45, 2.75) is 12.8 Å². The smallest absolute Gasteiger partial charge is 0.308 e. The number of piperidine rings is 1. The number of halogens is 2. The number of carbonyl (C=O) groups is 1. The van der Waals surface area contributed by atoms with E-state index < -0.39 is 5.82 Å². The molecular weight excluding hydrogens is 259 g/mol. The van der Waals surface area contributed by atoms with Crippen molar-refractivity contribution in [3.8, 4) is 0 Å². The Morgan fingerprint density at radius 3 is 2.78 bits per heavy atom. The number of ether oxygens (including phenoxy) is 1. The first kappa shape index (κ1) is 13.1. The molecule has 0 saturated carbocycles. The van der Waals surface area contributed by atoms with Crippen molar-refractivity contribution in [2.75, 3.05) is 25.1 Å². The lowest BCUT2D eigenvalue weighted by atomic mass is 9.97. The van der Waals surface area contributed by atoms with Crippen LogP contribution in [-0.2, 0) is 9.53 Å². The molecule has 0 aliphatic carbocycles. The Labute approximate surface area is 110 Å². The topological polar surface area (TPSA) is 42.4 Å². The van der Waals surface area contributed by atoms with Gasteiger partial charge in [0.1, 0.15) is 0 Å². The molecule has 0 aromatic carbocycles. The Morgan fingerprint density at radius 1 is 1.56 bits per heavy atom. The minimum Gasteiger partial charge on any atom is -0.469 e. The molecule has 1 aliphatic rings. The highest BCUT2D eigenvalue weighted by Gasteiger charge is 2.27. The van der Waals surface area contributed by atoms with Crippen LogP contribution >= 0.6 is 11.6 Å². The van der Waals surface area contributed by atoms with Gasteiger partial charge in [0.15, 0.2) is 11.6 Å². The van der Waals surface area contributed by atoms with E-state index in [9.17, 15) is 9.18 Å². The van der Waals surface area contributed by atoms with Crippen LogP contribution in [0, 0.1) is 11.7 Å². The van der Waals surface area contributed by atoms with Gasteiger partial charge in [-0.1, -0.05) is 11.6 Å². The van der Waals surface area contributed by atoms with Crippen LogP contribution in [0.25, 0.3) is 0 Å². The van der Waals surface area contributed by atoms with Crippen molar-refractivity contribution in [3.63, 3.8) is 0 Å². The van der Waals surface area contributed by atoms with Crippen molar-refractivity contribution >= 4 is 23.4 Å². The maximum atomic E-state index is 13.7. The van der Waals surface area contributed by atoms with Crippen molar-refractivity contribution in [1.82, 2.24) is 4.98 Å². The monoisotopic (exact) mass is 272 g/mol. The molecule has 6 heteroatoms. The summed E-state index contributed by atoms with van der Waals surface area (Å²) in [6, 6.07) is 1.25. The van der Waals surface area contributed by atoms with Gasteiger partial charge in [-0.3, -0.25) is 4.79 Å². The van der Waals surface area contributed by atoms with E-state index in [0.717, 1.165) is 0 Å². The first-order valence-corrected chi connectivity index (χ1v) is 6.13. The van der Waals surface area contributed by atoms with Gasteiger partial charge in [-0.25, -0.2) is 9.37 Å². The summed E-state index contributed by atoms with van der Waals surface area (Å²) in [4.78, 5) is 17.2. The fourth-order valence-electron chi connectivity index (χ4n) is 2.13. The number of pyridine rings is 1. The molecule has 4 nitrogen and oxygen atoms in total. The molecule has 0 N–H and O–H groups in total. The highest BCUT2D eigenvalue weighted by atomic mass is 35.5. The van der Waals surface area contributed by atoms with Gasteiger partial charge < -0.3 is 9.64 Å². The highest BCUT2D eigenvalue weighted by molar-refractivity contribution is 6.30. The van der Waals surface area contributed by atoms with Gasteiger partial charge in [-0.15, -0.1) is 0 Å². The van der Waals surface area contributed by atoms with Crippen molar-refractivity contribution in [1.29, 1.82) is 0 Å². The summed E-state index contributed by atoms with van der Waals surface area (Å²) < 4.78 is 18.4. The molecule has 0 atom stereocenters. The number of methoxy groups -OCH3 is 1. The number of rotatable bonds is 2. The molecule has 1 aromatic rings. The molecule has 0 radical (unpaired) electrons. The predicted molar refractivity (Wildman–Crippen MR) is 66.2 cm³/mol. The van der Waals surface area contributed by atoms with Crippen LogP contribution in [0.1, 0.15) is 12.8 Å². The van der Waals surface area contributed by atoms with Crippen molar-refractivity contribution < 1.29 is 13.9 Å². The van der Waals surface area contributed by atoms with Gasteiger partial charge >= 0.3 is 5.97 Å². The molecule has 0 unspecified atom stereocenters. The van der Waals surface area contributed by atoms with Gasteiger partial charge in [0.05, 0.1) is 18.1 Å². The molecule has 2 heterocycles. The average Bonchev–Trinajstić information content (AvgIpc) is 2.38. The summed E-state index contributed by atoms with van der Waals surface area (Å²) in [7, 11) is 1.38. The third kappa shape index (κ3) is 2.72. The Bertz CT molecular complexity index is 448. The quantitative estimate of drug-likeness (QED) is 0.775. The fourth-order valence-corrected chi connectivity index (χ4v) is 2.28. The lowest BCUT2D eigenvalue weighted by molar-refractivity contribution is -0.146. The fraction of sp³-hybridized carbons (Fsp3) is 0.500. The lowest BCUT2D eigenvalue weighted by Crippen LogP contribution is -2.37. The standard InChI is InChI=1S/C12H14ClFN2O2/c1-18-12(17)8-2-4-16(5-3-8)11-10(14)6-9(13)7-15-11/h6-8H,2-5H2,1H3. The predicted octanol–water partition coefficient (Wildman–Crippen LogP) is 2.26. The average molecular weight is 273 g/mol. The zero-order valence-electron chi connectivity index (χ0n) is 10.0. The number of carbonyl (C=O) groups excluding carboxylic acids is 1. The molecule has 18 heavy (non-hydrogen) atoms. The third-order valence-electron chi connectivity index (χ3n) is 3.12. The number of nitrogens with zero attached hydrogens (tertiary/aromatic N) is 2. The first-order chi connectivity index (χ1) is 8.61.